The summed E-state index contributed by atoms with van der Waals surface area (Å²) in [6, 6.07) is 7.16. The Balaban J connectivity index is 1.82. The van der Waals surface area contributed by atoms with Crippen molar-refractivity contribution in [3.05, 3.63) is 65.2 Å². The lowest BCUT2D eigenvalue weighted by Crippen LogP contribution is -2.48. The Morgan fingerprint density at radius 2 is 1.60 bits per heavy atom. The van der Waals surface area contributed by atoms with E-state index in [0.717, 1.165) is 30.3 Å². The summed E-state index contributed by atoms with van der Waals surface area (Å²) in [5, 5.41) is 10.5. The molecule has 10 heteroatoms. The Labute approximate surface area is 170 Å². The predicted octanol–water partition coefficient (Wildman–Crippen LogP) is 4.56. The van der Waals surface area contributed by atoms with Gasteiger partial charge in [-0.2, -0.15) is 21.6 Å². The van der Waals surface area contributed by atoms with Crippen LogP contribution < -0.4 is 0 Å². The predicted molar refractivity (Wildman–Crippen MR) is 97.5 cm³/mol. The maximum absolute atomic E-state index is 14.2. The highest BCUT2D eigenvalue weighted by molar-refractivity contribution is 7.85. The van der Waals surface area contributed by atoms with E-state index < -0.39 is 56.7 Å². The van der Waals surface area contributed by atoms with Crippen molar-refractivity contribution < 1.29 is 40.0 Å². The summed E-state index contributed by atoms with van der Waals surface area (Å²) in [5.41, 5.74) is -4.32. The van der Waals surface area contributed by atoms with E-state index >= 15 is 0 Å². The largest absolute Gasteiger partial charge is 0.417 e. The molecule has 0 aliphatic heterocycles. The van der Waals surface area contributed by atoms with Gasteiger partial charge in [0, 0.05) is 5.41 Å². The van der Waals surface area contributed by atoms with Gasteiger partial charge in [0.05, 0.1) is 4.90 Å². The van der Waals surface area contributed by atoms with Crippen LogP contribution in [0.15, 0.2) is 47.4 Å². The van der Waals surface area contributed by atoms with E-state index in [1.807, 2.05) is 0 Å². The van der Waals surface area contributed by atoms with E-state index in [4.69, 9.17) is 4.55 Å². The normalized spacial score (nSPS) is 18.1. The first-order valence-corrected chi connectivity index (χ1v) is 10.5. The standard InChI is InChI=1S/C20H19F5O4S/c21-14-3-6-17(22)16(11-14)18(9-10-18)12-19(26,20(23,24)25)8-7-13-1-4-15(5-2-13)30(27,28)29/h1-6,11,26H,7-10,12H2,(H,27,28,29). The highest BCUT2D eigenvalue weighted by atomic mass is 32.2. The molecule has 1 fully saturated rings. The number of aryl methyl sites for hydroxylation is 1. The smallest absolute Gasteiger partial charge is 0.380 e. The van der Waals surface area contributed by atoms with Gasteiger partial charge in [-0.3, -0.25) is 4.55 Å². The average molecular weight is 450 g/mol. The molecule has 164 valence electrons. The third kappa shape index (κ3) is 4.65. The first-order chi connectivity index (χ1) is 13.8. The summed E-state index contributed by atoms with van der Waals surface area (Å²) in [7, 11) is -4.44. The molecule has 3 rings (SSSR count). The molecule has 0 amide bonds. The summed E-state index contributed by atoms with van der Waals surface area (Å²) in [4.78, 5) is -0.407. The molecule has 1 aliphatic rings. The second-order valence-electron chi connectivity index (χ2n) is 7.73. The van der Waals surface area contributed by atoms with Crippen LogP contribution >= 0.6 is 0 Å². The minimum absolute atomic E-state index is 0.178. The van der Waals surface area contributed by atoms with Crippen molar-refractivity contribution in [3.63, 3.8) is 0 Å². The van der Waals surface area contributed by atoms with Gasteiger partial charge in [0.2, 0.25) is 0 Å². The summed E-state index contributed by atoms with van der Waals surface area (Å²) < 4.78 is 100. The van der Waals surface area contributed by atoms with Crippen LogP contribution in [-0.2, 0) is 22.0 Å². The summed E-state index contributed by atoms with van der Waals surface area (Å²) in [6.45, 7) is 0. The van der Waals surface area contributed by atoms with Crippen molar-refractivity contribution in [2.45, 2.75) is 54.2 Å². The van der Waals surface area contributed by atoms with Crippen LogP contribution in [0.25, 0.3) is 0 Å². The molecule has 0 bridgehead atoms. The molecule has 0 heterocycles. The van der Waals surface area contributed by atoms with Gasteiger partial charge in [-0.1, -0.05) is 12.1 Å². The SMILES string of the molecule is O=S(=O)(O)c1ccc(CCC(O)(CC2(c3cc(F)ccc3F)CC2)C(F)(F)F)cc1. The number of alkyl halides is 3. The lowest BCUT2D eigenvalue weighted by Gasteiger charge is -2.34. The number of rotatable bonds is 7. The Bertz CT molecular complexity index is 1030. The van der Waals surface area contributed by atoms with Crippen LogP contribution in [0.3, 0.4) is 0 Å². The van der Waals surface area contributed by atoms with Gasteiger partial charge < -0.3 is 5.11 Å². The maximum atomic E-state index is 14.2. The zero-order valence-corrected chi connectivity index (χ0v) is 16.4. The fourth-order valence-electron chi connectivity index (χ4n) is 3.67. The summed E-state index contributed by atoms with van der Waals surface area (Å²) >= 11 is 0. The fraction of sp³-hybridized carbons (Fsp3) is 0.400. The number of hydrogen-bond acceptors (Lipinski definition) is 3. The van der Waals surface area contributed by atoms with E-state index in [-0.39, 0.29) is 24.8 Å². The van der Waals surface area contributed by atoms with E-state index in [2.05, 4.69) is 0 Å². The molecule has 2 N–H and O–H groups in total. The molecule has 1 unspecified atom stereocenters. The molecule has 4 nitrogen and oxygen atoms in total. The van der Waals surface area contributed by atoms with E-state index in [0.29, 0.717) is 5.56 Å². The van der Waals surface area contributed by atoms with Crippen LogP contribution in [0.4, 0.5) is 22.0 Å². The Morgan fingerprint density at radius 1 is 1.00 bits per heavy atom. The lowest BCUT2D eigenvalue weighted by molar-refractivity contribution is -0.267. The van der Waals surface area contributed by atoms with Crippen LogP contribution in [0.1, 0.15) is 36.8 Å². The second-order valence-corrected chi connectivity index (χ2v) is 9.15. The Hall–Kier alpha value is -2.04. The summed E-state index contributed by atoms with van der Waals surface area (Å²) in [5.74, 6) is -1.59. The van der Waals surface area contributed by atoms with Crippen molar-refractivity contribution in [1.82, 2.24) is 0 Å². The van der Waals surface area contributed by atoms with Crippen molar-refractivity contribution in [2.75, 3.05) is 0 Å². The highest BCUT2D eigenvalue weighted by Gasteiger charge is 2.60. The average Bonchev–Trinajstić information content (AvgIpc) is 3.41. The first kappa shape index (κ1) is 22.6. The minimum Gasteiger partial charge on any atom is -0.380 e. The molecule has 0 spiro atoms. The van der Waals surface area contributed by atoms with Crippen molar-refractivity contribution in [2.24, 2.45) is 0 Å². The van der Waals surface area contributed by atoms with E-state index in [9.17, 15) is 35.5 Å². The van der Waals surface area contributed by atoms with Gasteiger partial charge in [0.1, 0.15) is 11.6 Å². The molecule has 1 saturated carbocycles. The maximum Gasteiger partial charge on any atom is 0.417 e. The van der Waals surface area contributed by atoms with Crippen molar-refractivity contribution in [3.8, 4) is 0 Å². The Morgan fingerprint density at radius 3 is 2.10 bits per heavy atom. The molecule has 0 radical (unpaired) electrons. The molecular weight excluding hydrogens is 431 g/mol. The number of hydrogen-bond donors (Lipinski definition) is 2. The third-order valence-corrected chi connectivity index (χ3v) is 6.43. The lowest BCUT2D eigenvalue weighted by atomic mass is 9.79. The number of halogens is 5. The Kier molecular flexibility index (Phi) is 5.72. The molecule has 0 aromatic heterocycles. The quantitative estimate of drug-likeness (QED) is 0.479. The van der Waals surface area contributed by atoms with Crippen LogP contribution in [-0.4, -0.2) is 29.9 Å². The fourth-order valence-corrected chi connectivity index (χ4v) is 4.15. The number of aliphatic hydroxyl groups is 1. The van der Waals surface area contributed by atoms with Crippen LogP contribution in [0.2, 0.25) is 0 Å². The van der Waals surface area contributed by atoms with Gasteiger partial charge in [-0.05, 0) is 73.6 Å². The molecule has 2 aromatic rings. The third-order valence-electron chi connectivity index (χ3n) is 5.56. The highest BCUT2D eigenvalue weighted by Crippen LogP contribution is 2.57. The van der Waals surface area contributed by atoms with Gasteiger partial charge >= 0.3 is 6.18 Å². The van der Waals surface area contributed by atoms with E-state index in [1.165, 1.54) is 12.1 Å². The van der Waals surface area contributed by atoms with Crippen LogP contribution in [0.5, 0.6) is 0 Å². The molecule has 1 atom stereocenters. The number of benzene rings is 2. The van der Waals surface area contributed by atoms with Gasteiger partial charge in [-0.15, -0.1) is 0 Å². The molecule has 30 heavy (non-hydrogen) atoms. The second kappa shape index (κ2) is 7.58. The first-order valence-electron chi connectivity index (χ1n) is 9.07. The molecule has 2 aromatic carbocycles. The summed E-state index contributed by atoms with van der Waals surface area (Å²) in [6.07, 6.45) is -6.44. The van der Waals surface area contributed by atoms with Gasteiger partial charge in [-0.25, -0.2) is 8.78 Å². The van der Waals surface area contributed by atoms with E-state index in [1.54, 1.807) is 0 Å². The topological polar surface area (TPSA) is 74.6 Å². The van der Waals surface area contributed by atoms with Crippen LogP contribution in [0, 0.1) is 11.6 Å². The van der Waals surface area contributed by atoms with Crippen molar-refractivity contribution in [1.29, 1.82) is 0 Å². The minimum atomic E-state index is -5.01. The molecular formula is C20H19F5O4S. The van der Waals surface area contributed by atoms with Gasteiger partial charge in [0.25, 0.3) is 10.1 Å². The molecule has 1 aliphatic carbocycles. The van der Waals surface area contributed by atoms with Crippen molar-refractivity contribution >= 4 is 10.1 Å². The zero-order chi connectivity index (χ0) is 22.4. The monoisotopic (exact) mass is 450 g/mol. The zero-order valence-electron chi connectivity index (χ0n) is 15.6. The van der Waals surface area contributed by atoms with Gasteiger partial charge in [0.15, 0.2) is 5.60 Å². The molecule has 0 saturated heterocycles.